The minimum atomic E-state index is -4.48. The molecule has 5 nitrogen and oxygen atoms in total. The van der Waals surface area contributed by atoms with E-state index in [0.29, 0.717) is 12.8 Å². The second-order valence-electron chi connectivity index (χ2n) is 6.71. The first-order chi connectivity index (χ1) is 12.8. The smallest absolute Gasteiger partial charge is 0.326 e. The van der Waals surface area contributed by atoms with Crippen molar-refractivity contribution in [3.05, 3.63) is 42.0 Å². The van der Waals surface area contributed by atoms with E-state index in [1.807, 2.05) is 12.2 Å². The van der Waals surface area contributed by atoms with Crippen molar-refractivity contribution in [3.63, 3.8) is 0 Å². The number of nitrogens with zero attached hydrogens (tertiary/aromatic N) is 1. The summed E-state index contributed by atoms with van der Waals surface area (Å²) in [6.45, 7) is 0.140. The Hall–Kier alpha value is -2.64. The second-order valence-corrected chi connectivity index (χ2v) is 6.71. The van der Waals surface area contributed by atoms with Crippen LogP contribution in [-0.2, 0) is 20.6 Å². The maximum atomic E-state index is 12.7. The number of hydrogen-bond acceptors (Lipinski definition) is 3. The fraction of sp³-hybridized carbons (Fsp3) is 0.421. The Balaban J connectivity index is 1.50. The van der Waals surface area contributed by atoms with E-state index < -0.39 is 17.6 Å². The molecule has 1 aliphatic heterocycles. The van der Waals surface area contributed by atoms with Crippen molar-refractivity contribution in [2.45, 2.75) is 31.9 Å². The van der Waals surface area contributed by atoms with E-state index in [9.17, 15) is 27.6 Å². The third-order valence-corrected chi connectivity index (χ3v) is 4.86. The number of amides is 3. The first kappa shape index (κ1) is 19.1. The van der Waals surface area contributed by atoms with Crippen LogP contribution in [0.1, 0.15) is 31.2 Å². The van der Waals surface area contributed by atoms with E-state index in [2.05, 4.69) is 5.32 Å². The molecule has 1 aliphatic carbocycles. The molecule has 1 N–H and O–H groups in total. The summed E-state index contributed by atoms with van der Waals surface area (Å²) in [6, 6.07) is 4.38. The number of imide groups is 1. The maximum absolute atomic E-state index is 12.7. The Bertz CT molecular complexity index is 763. The number of anilines is 1. The normalized spacial score (nSPS) is 22.1. The molecule has 0 unspecified atom stereocenters. The van der Waals surface area contributed by atoms with Crippen LogP contribution in [0.3, 0.4) is 0 Å². The van der Waals surface area contributed by atoms with Crippen LogP contribution in [0.5, 0.6) is 0 Å². The molecule has 8 heteroatoms. The molecule has 2 aliphatic rings. The predicted molar refractivity (Wildman–Crippen MR) is 91.4 cm³/mol. The van der Waals surface area contributed by atoms with E-state index in [1.54, 1.807) is 0 Å². The number of alkyl halides is 3. The number of hydrogen-bond donors (Lipinski definition) is 1. The highest BCUT2D eigenvalue weighted by Crippen LogP contribution is 2.35. The Morgan fingerprint density at radius 1 is 1.11 bits per heavy atom. The van der Waals surface area contributed by atoms with Gasteiger partial charge in [-0.3, -0.25) is 19.3 Å². The van der Waals surface area contributed by atoms with Gasteiger partial charge in [-0.15, -0.1) is 0 Å². The number of carbonyl (C=O) groups is 3. The van der Waals surface area contributed by atoms with Crippen molar-refractivity contribution in [2.24, 2.45) is 11.8 Å². The van der Waals surface area contributed by atoms with Crippen molar-refractivity contribution >= 4 is 23.4 Å². The molecule has 0 spiro atoms. The Morgan fingerprint density at radius 2 is 1.74 bits per heavy atom. The summed E-state index contributed by atoms with van der Waals surface area (Å²) >= 11 is 0. The highest BCUT2D eigenvalue weighted by Gasteiger charge is 2.46. The molecule has 1 aromatic rings. The third kappa shape index (κ3) is 4.20. The molecule has 2 atom stereocenters. The van der Waals surface area contributed by atoms with Crippen LogP contribution in [0.25, 0.3) is 0 Å². The van der Waals surface area contributed by atoms with Gasteiger partial charge in [-0.2, -0.15) is 13.2 Å². The lowest BCUT2D eigenvalue weighted by Crippen LogP contribution is -2.32. The average molecular weight is 380 g/mol. The van der Waals surface area contributed by atoms with Crippen LogP contribution in [0.2, 0.25) is 0 Å². The molecule has 0 bridgehead atoms. The highest BCUT2D eigenvalue weighted by molar-refractivity contribution is 6.05. The van der Waals surface area contributed by atoms with Gasteiger partial charge in [0.25, 0.3) is 0 Å². The average Bonchev–Trinajstić information content (AvgIpc) is 2.86. The Morgan fingerprint density at radius 3 is 2.33 bits per heavy atom. The minimum Gasteiger partial charge on any atom is -0.326 e. The summed E-state index contributed by atoms with van der Waals surface area (Å²) in [5.41, 5.74) is -0.787. The van der Waals surface area contributed by atoms with E-state index in [0.717, 1.165) is 12.1 Å². The highest BCUT2D eigenvalue weighted by atomic mass is 19.4. The van der Waals surface area contributed by atoms with E-state index in [4.69, 9.17) is 0 Å². The number of rotatable bonds is 5. The number of allylic oxidation sites excluding steroid dienone is 2. The molecular weight excluding hydrogens is 361 g/mol. The van der Waals surface area contributed by atoms with Gasteiger partial charge in [0.05, 0.1) is 17.4 Å². The SMILES string of the molecule is O=C(CCCN1C(=O)[C@H]2CC=CC[C@@H]2C1=O)Nc1cccc(C(F)(F)F)c1. The number of benzene rings is 1. The van der Waals surface area contributed by atoms with Crippen LogP contribution in [-0.4, -0.2) is 29.2 Å². The molecule has 1 aromatic carbocycles. The zero-order valence-electron chi connectivity index (χ0n) is 14.5. The molecule has 0 aromatic heterocycles. The predicted octanol–water partition coefficient (Wildman–Crippen LogP) is 3.38. The fourth-order valence-corrected chi connectivity index (χ4v) is 3.48. The summed E-state index contributed by atoms with van der Waals surface area (Å²) in [4.78, 5) is 37.8. The van der Waals surface area contributed by atoms with Gasteiger partial charge in [0.2, 0.25) is 17.7 Å². The Kier molecular flexibility index (Phi) is 5.34. The van der Waals surface area contributed by atoms with Crippen molar-refractivity contribution in [1.82, 2.24) is 4.90 Å². The number of halogens is 3. The monoisotopic (exact) mass is 380 g/mol. The van der Waals surface area contributed by atoms with Gasteiger partial charge in [0, 0.05) is 18.7 Å². The van der Waals surface area contributed by atoms with Crippen LogP contribution in [0, 0.1) is 11.8 Å². The summed E-state index contributed by atoms with van der Waals surface area (Å²) < 4.78 is 38.1. The lowest BCUT2D eigenvalue weighted by atomic mass is 9.85. The molecule has 3 rings (SSSR count). The van der Waals surface area contributed by atoms with Crippen LogP contribution in [0.4, 0.5) is 18.9 Å². The van der Waals surface area contributed by atoms with Gasteiger partial charge < -0.3 is 5.32 Å². The molecule has 1 fully saturated rings. The number of nitrogens with one attached hydrogen (secondary N) is 1. The third-order valence-electron chi connectivity index (χ3n) is 4.86. The lowest BCUT2D eigenvalue weighted by molar-refractivity contribution is -0.140. The zero-order chi connectivity index (χ0) is 19.6. The number of carbonyl (C=O) groups excluding carboxylic acids is 3. The van der Waals surface area contributed by atoms with E-state index in [-0.39, 0.29) is 48.7 Å². The van der Waals surface area contributed by atoms with Crippen LogP contribution < -0.4 is 5.32 Å². The van der Waals surface area contributed by atoms with Gasteiger partial charge in [0.1, 0.15) is 0 Å². The number of likely N-dealkylation sites (tertiary alicyclic amines) is 1. The van der Waals surface area contributed by atoms with Crippen molar-refractivity contribution < 1.29 is 27.6 Å². The summed E-state index contributed by atoms with van der Waals surface area (Å²) in [5.74, 6) is -1.48. The van der Waals surface area contributed by atoms with Gasteiger partial charge in [-0.1, -0.05) is 18.2 Å². The van der Waals surface area contributed by atoms with Gasteiger partial charge in [-0.25, -0.2) is 0 Å². The van der Waals surface area contributed by atoms with Crippen LogP contribution >= 0.6 is 0 Å². The van der Waals surface area contributed by atoms with Gasteiger partial charge >= 0.3 is 6.18 Å². The second kappa shape index (κ2) is 7.54. The molecule has 27 heavy (non-hydrogen) atoms. The molecule has 1 saturated heterocycles. The standard InChI is InChI=1S/C19H19F3N2O3/c20-19(21,22)12-5-3-6-13(11-12)23-16(25)9-4-10-24-17(26)14-7-1-2-8-15(14)18(24)27/h1-3,5-6,11,14-15H,4,7-10H2,(H,23,25)/t14-,15-/m0/s1. The molecule has 144 valence electrons. The maximum Gasteiger partial charge on any atom is 0.416 e. The molecule has 0 radical (unpaired) electrons. The largest absolute Gasteiger partial charge is 0.416 e. The molecular formula is C19H19F3N2O3. The first-order valence-corrected chi connectivity index (χ1v) is 8.74. The quantitative estimate of drug-likeness (QED) is 0.629. The minimum absolute atomic E-state index is 0.000882. The first-order valence-electron chi connectivity index (χ1n) is 8.74. The Labute approximate surface area is 154 Å². The van der Waals surface area contributed by atoms with Crippen molar-refractivity contribution in [2.75, 3.05) is 11.9 Å². The summed E-state index contributed by atoms with van der Waals surface area (Å²) in [6.07, 6.45) is 0.694. The van der Waals surface area contributed by atoms with Gasteiger partial charge in [0.15, 0.2) is 0 Å². The van der Waals surface area contributed by atoms with Crippen molar-refractivity contribution in [1.29, 1.82) is 0 Å². The molecule has 0 saturated carbocycles. The lowest BCUT2D eigenvalue weighted by Gasteiger charge is -2.14. The van der Waals surface area contributed by atoms with Crippen LogP contribution in [0.15, 0.2) is 36.4 Å². The topological polar surface area (TPSA) is 66.5 Å². The van der Waals surface area contributed by atoms with E-state index in [1.165, 1.54) is 17.0 Å². The number of fused-ring (bicyclic) bond motifs is 1. The van der Waals surface area contributed by atoms with E-state index >= 15 is 0 Å². The van der Waals surface area contributed by atoms with Crippen molar-refractivity contribution in [3.8, 4) is 0 Å². The fourth-order valence-electron chi connectivity index (χ4n) is 3.48. The zero-order valence-corrected chi connectivity index (χ0v) is 14.5. The molecule has 1 heterocycles. The summed E-state index contributed by atoms with van der Waals surface area (Å²) in [7, 11) is 0. The molecule has 3 amide bonds. The summed E-state index contributed by atoms with van der Waals surface area (Å²) in [5, 5.41) is 2.41. The van der Waals surface area contributed by atoms with Gasteiger partial charge in [-0.05, 0) is 37.5 Å².